The third kappa shape index (κ3) is 7.29. The van der Waals surface area contributed by atoms with Gasteiger partial charge in [0, 0.05) is 51.4 Å². The normalized spacial score (nSPS) is 21.1. The molecular formula is C25H39IN4O3. The number of anilines is 1. The summed E-state index contributed by atoms with van der Waals surface area (Å²) in [6, 6.07) is 8.22. The van der Waals surface area contributed by atoms with Crippen LogP contribution in [0, 0.1) is 0 Å². The SMILES string of the molecule is CCNC(=NCCCC(=O)N1CCc2ccccc21)N1CCC(OCC2CCCO2)CC1.I. The lowest BCUT2D eigenvalue weighted by Gasteiger charge is -2.34. The Kier molecular flexibility index (Phi) is 10.7. The first-order valence-corrected chi connectivity index (χ1v) is 12.4. The number of nitrogens with zero attached hydrogens (tertiary/aromatic N) is 3. The van der Waals surface area contributed by atoms with Crippen LogP contribution in [0.4, 0.5) is 5.69 Å². The Morgan fingerprint density at radius 2 is 2.03 bits per heavy atom. The number of benzene rings is 1. The Morgan fingerprint density at radius 3 is 2.79 bits per heavy atom. The largest absolute Gasteiger partial charge is 0.376 e. The molecule has 0 saturated carbocycles. The molecule has 8 heteroatoms. The van der Waals surface area contributed by atoms with Gasteiger partial charge in [0.25, 0.3) is 0 Å². The number of piperidine rings is 1. The van der Waals surface area contributed by atoms with Crippen molar-refractivity contribution in [3.8, 4) is 0 Å². The summed E-state index contributed by atoms with van der Waals surface area (Å²) in [6.45, 7) is 7.92. The van der Waals surface area contributed by atoms with E-state index in [2.05, 4.69) is 29.3 Å². The monoisotopic (exact) mass is 570 g/mol. The third-order valence-electron chi connectivity index (χ3n) is 6.62. The Morgan fingerprint density at radius 1 is 1.21 bits per heavy atom. The lowest BCUT2D eigenvalue weighted by Crippen LogP contribution is -2.47. The van der Waals surface area contributed by atoms with Gasteiger partial charge in [-0.3, -0.25) is 9.79 Å². The van der Waals surface area contributed by atoms with E-state index in [1.54, 1.807) is 0 Å². The standard InChI is InChI=1S/C25H38N4O3.HI/c1-2-26-25(28-15-12-21(13-16-28)32-19-22-8-6-18-31-22)27-14-5-10-24(30)29-17-11-20-7-3-4-9-23(20)29;/h3-4,7,9,21-22H,2,5-6,8,10-19H2,1H3,(H,26,27);1H. The third-order valence-corrected chi connectivity index (χ3v) is 6.62. The van der Waals surface area contributed by atoms with Gasteiger partial charge in [0.2, 0.25) is 5.91 Å². The Labute approximate surface area is 215 Å². The fraction of sp³-hybridized carbons (Fsp3) is 0.680. The van der Waals surface area contributed by atoms with E-state index in [0.717, 1.165) is 89.6 Å². The van der Waals surface area contributed by atoms with Gasteiger partial charge >= 0.3 is 0 Å². The molecule has 1 aromatic carbocycles. The number of carbonyl (C=O) groups excluding carboxylic acids is 1. The second-order valence-corrected chi connectivity index (χ2v) is 8.92. The van der Waals surface area contributed by atoms with Crippen molar-refractivity contribution in [2.24, 2.45) is 4.99 Å². The van der Waals surface area contributed by atoms with Gasteiger partial charge in [0.15, 0.2) is 5.96 Å². The molecule has 1 aromatic rings. The van der Waals surface area contributed by atoms with Crippen LogP contribution < -0.4 is 10.2 Å². The van der Waals surface area contributed by atoms with E-state index in [0.29, 0.717) is 25.2 Å². The highest BCUT2D eigenvalue weighted by Gasteiger charge is 2.25. The summed E-state index contributed by atoms with van der Waals surface area (Å²) >= 11 is 0. The van der Waals surface area contributed by atoms with Crippen LogP contribution in [0.25, 0.3) is 0 Å². The van der Waals surface area contributed by atoms with Gasteiger partial charge in [-0.15, -0.1) is 24.0 Å². The average molecular weight is 571 g/mol. The van der Waals surface area contributed by atoms with E-state index in [9.17, 15) is 4.79 Å². The van der Waals surface area contributed by atoms with Crippen molar-refractivity contribution < 1.29 is 14.3 Å². The number of nitrogens with one attached hydrogen (secondary N) is 1. The van der Waals surface area contributed by atoms with Crippen LogP contribution in [-0.2, 0) is 20.7 Å². The summed E-state index contributed by atoms with van der Waals surface area (Å²) in [5.74, 6) is 1.17. The second kappa shape index (κ2) is 13.5. The molecule has 7 nitrogen and oxygen atoms in total. The smallest absolute Gasteiger partial charge is 0.227 e. The number of likely N-dealkylation sites (tertiary alicyclic amines) is 1. The molecule has 33 heavy (non-hydrogen) atoms. The average Bonchev–Trinajstić information content (AvgIpc) is 3.50. The molecule has 1 unspecified atom stereocenters. The fourth-order valence-electron chi connectivity index (χ4n) is 4.83. The summed E-state index contributed by atoms with van der Waals surface area (Å²) in [6.07, 6.45) is 7.20. The molecule has 0 aromatic heterocycles. The number of aliphatic imine (C=N–C) groups is 1. The second-order valence-electron chi connectivity index (χ2n) is 8.92. The van der Waals surface area contributed by atoms with Crippen LogP contribution in [0.3, 0.4) is 0 Å². The van der Waals surface area contributed by atoms with E-state index >= 15 is 0 Å². The summed E-state index contributed by atoms with van der Waals surface area (Å²) in [5.41, 5.74) is 2.36. The molecule has 0 radical (unpaired) electrons. The lowest BCUT2D eigenvalue weighted by molar-refractivity contribution is -0.118. The summed E-state index contributed by atoms with van der Waals surface area (Å²) in [4.78, 5) is 21.8. The van der Waals surface area contributed by atoms with Crippen molar-refractivity contribution in [3.63, 3.8) is 0 Å². The van der Waals surface area contributed by atoms with E-state index in [4.69, 9.17) is 14.5 Å². The molecule has 1 N–H and O–H groups in total. The maximum atomic E-state index is 12.7. The topological polar surface area (TPSA) is 66.4 Å². The molecule has 3 aliphatic rings. The number of amides is 1. The van der Waals surface area contributed by atoms with Gasteiger partial charge in [-0.05, 0) is 57.1 Å². The van der Waals surface area contributed by atoms with Gasteiger partial charge in [0.1, 0.15) is 0 Å². The van der Waals surface area contributed by atoms with Crippen LogP contribution >= 0.6 is 24.0 Å². The van der Waals surface area contributed by atoms with Crippen LogP contribution in [0.15, 0.2) is 29.3 Å². The number of hydrogen-bond acceptors (Lipinski definition) is 4. The zero-order chi connectivity index (χ0) is 22.2. The molecule has 0 bridgehead atoms. The summed E-state index contributed by atoms with van der Waals surface area (Å²) < 4.78 is 11.8. The van der Waals surface area contributed by atoms with Crippen LogP contribution in [0.5, 0.6) is 0 Å². The molecule has 2 saturated heterocycles. The molecule has 184 valence electrons. The number of fused-ring (bicyclic) bond motifs is 1. The minimum Gasteiger partial charge on any atom is -0.376 e. The van der Waals surface area contributed by atoms with E-state index in [1.165, 1.54) is 5.56 Å². The molecule has 0 spiro atoms. The van der Waals surface area contributed by atoms with Crippen molar-refractivity contribution in [3.05, 3.63) is 29.8 Å². The zero-order valence-electron chi connectivity index (χ0n) is 19.8. The van der Waals surface area contributed by atoms with Crippen LogP contribution in [-0.4, -0.2) is 74.9 Å². The predicted octanol–water partition coefficient (Wildman–Crippen LogP) is 3.60. The van der Waals surface area contributed by atoms with Crippen molar-refractivity contribution in [2.45, 2.75) is 64.1 Å². The van der Waals surface area contributed by atoms with Gasteiger partial charge in [-0.1, -0.05) is 18.2 Å². The number of ether oxygens (including phenoxy) is 2. The van der Waals surface area contributed by atoms with E-state index in [1.807, 2.05) is 17.0 Å². The van der Waals surface area contributed by atoms with Gasteiger partial charge in [0.05, 0.1) is 18.8 Å². The molecule has 3 aliphatic heterocycles. The lowest BCUT2D eigenvalue weighted by atomic mass is 10.1. The highest BCUT2D eigenvalue weighted by atomic mass is 127. The van der Waals surface area contributed by atoms with Crippen molar-refractivity contribution in [1.29, 1.82) is 0 Å². The van der Waals surface area contributed by atoms with Gasteiger partial charge < -0.3 is 24.6 Å². The number of halogens is 1. The number of rotatable bonds is 8. The fourth-order valence-corrected chi connectivity index (χ4v) is 4.83. The Hall–Kier alpha value is -1.39. The number of guanidine groups is 1. The van der Waals surface area contributed by atoms with Crippen molar-refractivity contribution >= 4 is 41.5 Å². The maximum absolute atomic E-state index is 12.7. The minimum absolute atomic E-state index is 0. The van der Waals surface area contributed by atoms with E-state index in [-0.39, 0.29) is 29.9 Å². The Bertz CT molecular complexity index is 777. The van der Waals surface area contributed by atoms with Gasteiger partial charge in [-0.2, -0.15) is 0 Å². The molecule has 4 rings (SSSR count). The first-order chi connectivity index (χ1) is 15.7. The molecule has 1 atom stereocenters. The van der Waals surface area contributed by atoms with Gasteiger partial charge in [-0.25, -0.2) is 0 Å². The minimum atomic E-state index is 0. The summed E-state index contributed by atoms with van der Waals surface area (Å²) in [7, 11) is 0. The number of para-hydroxylation sites is 1. The molecule has 3 heterocycles. The molecule has 2 fully saturated rings. The molecule has 1 amide bonds. The molecular weight excluding hydrogens is 531 g/mol. The highest BCUT2D eigenvalue weighted by molar-refractivity contribution is 14.0. The van der Waals surface area contributed by atoms with Crippen LogP contribution in [0.1, 0.15) is 51.0 Å². The zero-order valence-corrected chi connectivity index (χ0v) is 22.2. The summed E-state index contributed by atoms with van der Waals surface area (Å²) in [5, 5.41) is 3.42. The Balaban J connectivity index is 0.00000306. The van der Waals surface area contributed by atoms with Crippen molar-refractivity contribution in [1.82, 2.24) is 10.2 Å². The first kappa shape index (κ1) is 26.2. The first-order valence-electron chi connectivity index (χ1n) is 12.4. The van der Waals surface area contributed by atoms with E-state index < -0.39 is 0 Å². The number of hydrogen-bond donors (Lipinski definition) is 1. The predicted molar refractivity (Wildman–Crippen MR) is 143 cm³/mol. The number of carbonyl (C=O) groups is 1. The van der Waals surface area contributed by atoms with Crippen molar-refractivity contribution in [2.75, 3.05) is 50.8 Å². The molecule has 0 aliphatic carbocycles. The quantitative estimate of drug-likeness (QED) is 0.224. The van der Waals surface area contributed by atoms with Crippen LogP contribution in [0.2, 0.25) is 0 Å². The highest BCUT2D eigenvalue weighted by Crippen LogP contribution is 2.28. The maximum Gasteiger partial charge on any atom is 0.227 e.